The van der Waals surface area contributed by atoms with Crippen molar-refractivity contribution in [2.45, 2.75) is 0 Å². The molecule has 0 saturated carbocycles. The van der Waals surface area contributed by atoms with Crippen molar-refractivity contribution in [1.29, 1.82) is 0 Å². The van der Waals surface area contributed by atoms with Gasteiger partial charge in [0.25, 0.3) is 5.56 Å². The first-order chi connectivity index (χ1) is 12.5. The third-order valence-corrected chi connectivity index (χ3v) is 4.83. The quantitative estimate of drug-likeness (QED) is 0.800. The molecule has 0 unspecified atom stereocenters. The topological polar surface area (TPSA) is 61.7 Å². The van der Waals surface area contributed by atoms with E-state index in [1.165, 1.54) is 4.68 Å². The van der Waals surface area contributed by atoms with Crippen LogP contribution in [0.1, 0.15) is 0 Å². The van der Waals surface area contributed by atoms with E-state index >= 15 is 0 Å². The second-order valence-electron chi connectivity index (χ2n) is 6.45. The van der Waals surface area contributed by atoms with Crippen LogP contribution in [0, 0.1) is 0 Å². The van der Waals surface area contributed by atoms with Crippen LogP contribution in [-0.2, 0) is 4.79 Å². The second-order valence-corrected chi connectivity index (χ2v) is 6.83. The number of benzene rings is 1. The Bertz CT molecular complexity index is 829. The Morgan fingerprint density at radius 1 is 1.15 bits per heavy atom. The van der Waals surface area contributed by atoms with E-state index in [2.05, 4.69) is 10.00 Å². The van der Waals surface area contributed by atoms with E-state index < -0.39 is 0 Å². The van der Waals surface area contributed by atoms with Gasteiger partial charge in [0.1, 0.15) is 5.02 Å². The Morgan fingerprint density at radius 3 is 2.42 bits per heavy atom. The average Bonchev–Trinajstić information content (AvgIpc) is 2.65. The van der Waals surface area contributed by atoms with Crippen LogP contribution in [0.25, 0.3) is 5.69 Å². The van der Waals surface area contributed by atoms with Crippen LogP contribution in [0.3, 0.4) is 0 Å². The van der Waals surface area contributed by atoms with Gasteiger partial charge in [0.2, 0.25) is 5.91 Å². The molecule has 0 aliphatic carbocycles. The van der Waals surface area contributed by atoms with E-state index in [0.29, 0.717) is 31.0 Å². The molecule has 8 heteroatoms. The van der Waals surface area contributed by atoms with Gasteiger partial charge in [0.15, 0.2) is 0 Å². The Kier molecular flexibility index (Phi) is 5.58. The maximum atomic E-state index is 12.6. The zero-order valence-corrected chi connectivity index (χ0v) is 15.7. The molecule has 2 heterocycles. The summed E-state index contributed by atoms with van der Waals surface area (Å²) in [6.07, 6.45) is 1.64. The van der Waals surface area contributed by atoms with Crippen LogP contribution in [0.4, 0.5) is 5.69 Å². The molecular weight excluding hydrogens is 354 g/mol. The normalized spacial score (nSPS) is 15.1. The maximum absolute atomic E-state index is 12.6. The molecule has 3 rings (SSSR count). The van der Waals surface area contributed by atoms with Crippen molar-refractivity contribution in [1.82, 2.24) is 19.6 Å². The largest absolute Gasteiger partial charge is 0.366 e. The van der Waals surface area contributed by atoms with E-state index in [9.17, 15) is 9.59 Å². The summed E-state index contributed by atoms with van der Waals surface area (Å²) in [5, 5.41) is 4.45. The molecule has 1 saturated heterocycles. The molecule has 0 bridgehead atoms. The van der Waals surface area contributed by atoms with E-state index in [1.54, 1.807) is 25.2 Å². The van der Waals surface area contributed by atoms with Crippen molar-refractivity contribution in [2.24, 2.45) is 0 Å². The van der Waals surface area contributed by atoms with E-state index in [1.807, 2.05) is 35.2 Å². The Hall–Kier alpha value is -2.38. The fourth-order valence-electron chi connectivity index (χ4n) is 2.88. The number of nitrogens with zero attached hydrogens (tertiary/aromatic N) is 5. The van der Waals surface area contributed by atoms with Gasteiger partial charge in [-0.05, 0) is 12.1 Å². The van der Waals surface area contributed by atoms with Crippen LogP contribution in [0.2, 0.25) is 5.02 Å². The third-order valence-electron chi connectivity index (χ3n) is 4.47. The van der Waals surface area contributed by atoms with Crippen LogP contribution >= 0.6 is 11.6 Å². The number of hydrogen-bond donors (Lipinski definition) is 0. The Labute approximate surface area is 157 Å². The molecule has 1 aliphatic rings. The summed E-state index contributed by atoms with van der Waals surface area (Å²) < 4.78 is 1.30. The maximum Gasteiger partial charge on any atom is 0.292 e. The number of carbonyl (C=O) groups excluding carboxylic acids is 1. The molecule has 1 amide bonds. The van der Waals surface area contributed by atoms with Crippen molar-refractivity contribution in [2.75, 3.05) is 51.7 Å². The van der Waals surface area contributed by atoms with Gasteiger partial charge >= 0.3 is 0 Å². The molecule has 26 heavy (non-hydrogen) atoms. The number of likely N-dealkylation sites (N-methyl/N-ethyl adjacent to an activating group) is 1. The second kappa shape index (κ2) is 7.88. The van der Waals surface area contributed by atoms with Crippen molar-refractivity contribution < 1.29 is 4.79 Å². The Morgan fingerprint density at radius 2 is 1.81 bits per heavy atom. The first kappa shape index (κ1) is 18.4. The number of piperazine rings is 1. The molecule has 0 atom stereocenters. The first-order valence-corrected chi connectivity index (χ1v) is 8.86. The Balaban J connectivity index is 1.73. The fraction of sp³-hybridized carbons (Fsp3) is 0.389. The summed E-state index contributed by atoms with van der Waals surface area (Å²) in [6, 6.07) is 9.19. The molecule has 0 N–H and O–H groups in total. The molecule has 0 radical (unpaired) electrons. The number of aromatic nitrogens is 2. The predicted octanol–water partition coefficient (Wildman–Crippen LogP) is 1.10. The number of para-hydroxylation sites is 1. The number of carbonyl (C=O) groups is 1. The van der Waals surface area contributed by atoms with Crippen LogP contribution in [0.15, 0.2) is 41.3 Å². The van der Waals surface area contributed by atoms with Gasteiger partial charge in [0.05, 0.1) is 24.1 Å². The molecule has 2 aromatic rings. The molecule has 1 fully saturated rings. The highest BCUT2D eigenvalue weighted by molar-refractivity contribution is 6.33. The van der Waals surface area contributed by atoms with E-state index in [0.717, 1.165) is 13.1 Å². The smallest absolute Gasteiger partial charge is 0.292 e. The zero-order chi connectivity index (χ0) is 18.7. The van der Waals surface area contributed by atoms with Gasteiger partial charge in [-0.15, -0.1) is 0 Å². The fourth-order valence-corrected chi connectivity index (χ4v) is 3.13. The predicted molar refractivity (Wildman–Crippen MR) is 102 cm³/mol. The van der Waals surface area contributed by atoms with Crippen molar-refractivity contribution in [3.63, 3.8) is 0 Å². The molecule has 0 spiro atoms. The summed E-state index contributed by atoms with van der Waals surface area (Å²) in [7, 11) is 3.51. The highest BCUT2D eigenvalue weighted by atomic mass is 35.5. The molecule has 1 aromatic carbocycles. The minimum atomic E-state index is -0.333. The van der Waals surface area contributed by atoms with Gasteiger partial charge < -0.3 is 9.80 Å². The van der Waals surface area contributed by atoms with Gasteiger partial charge in [-0.1, -0.05) is 29.8 Å². The molecule has 7 nitrogen and oxygen atoms in total. The number of rotatable bonds is 4. The lowest BCUT2D eigenvalue weighted by molar-refractivity contribution is -0.129. The van der Waals surface area contributed by atoms with Crippen LogP contribution < -0.4 is 10.5 Å². The summed E-state index contributed by atoms with van der Waals surface area (Å²) in [5.74, 6) is 0.0867. The van der Waals surface area contributed by atoms with Crippen molar-refractivity contribution >= 4 is 23.2 Å². The standard InChI is InChI=1S/C18H22ClN5O2/c1-21(2)16(25)13-22-8-10-23(11-9-22)15-12-20-24(18(26)17(15)19)14-6-4-3-5-7-14/h3-7,12H,8-11,13H2,1-2H3. The summed E-state index contributed by atoms with van der Waals surface area (Å²) in [6.45, 7) is 3.26. The zero-order valence-electron chi connectivity index (χ0n) is 14.9. The molecule has 138 valence electrons. The lowest BCUT2D eigenvalue weighted by Crippen LogP contribution is -2.49. The third kappa shape index (κ3) is 3.89. The van der Waals surface area contributed by atoms with Crippen LogP contribution in [0.5, 0.6) is 0 Å². The van der Waals surface area contributed by atoms with Gasteiger partial charge in [0, 0.05) is 40.3 Å². The highest BCUT2D eigenvalue weighted by Gasteiger charge is 2.23. The number of amides is 1. The van der Waals surface area contributed by atoms with Gasteiger partial charge in [-0.3, -0.25) is 14.5 Å². The first-order valence-electron chi connectivity index (χ1n) is 8.48. The van der Waals surface area contributed by atoms with E-state index in [4.69, 9.17) is 11.6 Å². The van der Waals surface area contributed by atoms with Crippen molar-refractivity contribution in [3.05, 3.63) is 51.9 Å². The monoisotopic (exact) mass is 375 g/mol. The lowest BCUT2D eigenvalue weighted by Gasteiger charge is -2.36. The molecule has 1 aromatic heterocycles. The number of anilines is 1. The van der Waals surface area contributed by atoms with Gasteiger partial charge in [-0.25, -0.2) is 0 Å². The molecule has 1 aliphatic heterocycles. The summed E-state index contributed by atoms with van der Waals surface area (Å²) in [5.41, 5.74) is 0.987. The minimum absolute atomic E-state index is 0.0867. The molecular formula is C18H22ClN5O2. The average molecular weight is 376 g/mol. The summed E-state index contributed by atoms with van der Waals surface area (Å²) in [4.78, 5) is 30.2. The highest BCUT2D eigenvalue weighted by Crippen LogP contribution is 2.23. The lowest BCUT2D eigenvalue weighted by atomic mass is 10.2. The van der Waals surface area contributed by atoms with Crippen LogP contribution in [-0.4, -0.2) is 72.3 Å². The van der Waals surface area contributed by atoms with E-state index in [-0.39, 0.29) is 16.5 Å². The van der Waals surface area contributed by atoms with Gasteiger partial charge in [-0.2, -0.15) is 9.78 Å². The summed E-state index contributed by atoms with van der Waals surface area (Å²) >= 11 is 6.35. The van der Waals surface area contributed by atoms with Crippen molar-refractivity contribution in [3.8, 4) is 5.69 Å². The minimum Gasteiger partial charge on any atom is -0.366 e. The number of hydrogen-bond acceptors (Lipinski definition) is 5. The SMILES string of the molecule is CN(C)C(=O)CN1CCN(c2cnn(-c3ccccc3)c(=O)c2Cl)CC1. The number of halogens is 1.